The van der Waals surface area contributed by atoms with E-state index >= 15 is 0 Å². The van der Waals surface area contributed by atoms with Crippen molar-refractivity contribution in [2.75, 3.05) is 0 Å². The Kier molecular flexibility index (Phi) is 7.54. The molecule has 9 heteroatoms. The summed E-state index contributed by atoms with van der Waals surface area (Å²) in [5.74, 6) is -1.85. The van der Waals surface area contributed by atoms with Gasteiger partial charge in [0.15, 0.2) is 6.10 Å². The number of nitrogens with one attached hydrogen (secondary N) is 2. The number of aromatic nitrogens is 3. The van der Waals surface area contributed by atoms with Gasteiger partial charge in [-0.05, 0) is 47.4 Å². The zero-order chi connectivity index (χ0) is 24.8. The first-order chi connectivity index (χ1) is 16.9. The average Bonchev–Trinajstić information content (AvgIpc) is 3.37. The molecule has 0 saturated carbocycles. The minimum atomic E-state index is -1.64. The van der Waals surface area contributed by atoms with Crippen molar-refractivity contribution in [3.63, 3.8) is 0 Å². The minimum absolute atomic E-state index is 0.186. The third kappa shape index (κ3) is 6.11. The van der Waals surface area contributed by atoms with Crippen LogP contribution in [0.4, 0.5) is 0 Å². The first kappa shape index (κ1) is 24.1. The number of aromatic amines is 1. The zero-order valence-corrected chi connectivity index (χ0v) is 19.3. The predicted molar refractivity (Wildman–Crippen MR) is 132 cm³/mol. The number of H-pyrrole nitrogens is 1. The Morgan fingerprint density at radius 1 is 0.971 bits per heavy atom. The highest BCUT2D eigenvalue weighted by Gasteiger charge is 2.24. The molecule has 8 nitrogen and oxygen atoms in total. The number of carboxylic acids is 1. The molecule has 4 aromatic rings. The van der Waals surface area contributed by atoms with Crippen LogP contribution in [0.3, 0.4) is 0 Å². The van der Waals surface area contributed by atoms with Gasteiger partial charge in [-0.2, -0.15) is 5.10 Å². The van der Waals surface area contributed by atoms with E-state index in [2.05, 4.69) is 20.5 Å². The van der Waals surface area contributed by atoms with Crippen LogP contribution in [0.15, 0.2) is 79.0 Å². The number of hydrogen-bond donors (Lipinski definition) is 4. The van der Waals surface area contributed by atoms with Gasteiger partial charge in [0.1, 0.15) is 11.4 Å². The average molecular weight is 491 g/mol. The Morgan fingerprint density at radius 2 is 1.74 bits per heavy atom. The van der Waals surface area contributed by atoms with Crippen LogP contribution in [-0.2, 0) is 11.2 Å². The van der Waals surface area contributed by atoms with Gasteiger partial charge in [-0.25, -0.2) is 4.79 Å². The summed E-state index contributed by atoms with van der Waals surface area (Å²) < 4.78 is 0. The van der Waals surface area contributed by atoms with Crippen molar-refractivity contribution in [1.29, 1.82) is 0 Å². The summed E-state index contributed by atoms with van der Waals surface area (Å²) in [7, 11) is 0. The smallest absolute Gasteiger partial charge is 0.332 e. The van der Waals surface area contributed by atoms with E-state index in [1.54, 1.807) is 24.4 Å². The van der Waals surface area contributed by atoms with E-state index in [4.69, 9.17) is 11.6 Å². The van der Waals surface area contributed by atoms with Crippen molar-refractivity contribution in [2.45, 2.75) is 25.0 Å². The minimum Gasteiger partial charge on any atom is -0.479 e. The van der Waals surface area contributed by atoms with E-state index in [1.807, 2.05) is 54.6 Å². The molecule has 2 aromatic heterocycles. The lowest BCUT2D eigenvalue weighted by atomic mass is 9.97. The van der Waals surface area contributed by atoms with Crippen molar-refractivity contribution in [3.8, 4) is 22.5 Å². The highest BCUT2D eigenvalue weighted by atomic mass is 35.5. The summed E-state index contributed by atoms with van der Waals surface area (Å²) in [4.78, 5) is 28.4. The third-order valence-electron chi connectivity index (χ3n) is 5.50. The fourth-order valence-corrected chi connectivity index (χ4v) is 3.96. The molecule has 178 valence electrons. The second kappa shape index (κ2) is 10.9. The van der Waals surface area contributed by atoms with Gasteiger partial charge < -0.3 is 15.5 Å². The first-order valence-electron chi connectivity index (χ1n) is 10.9. The molecular formula is C26H23ClN4O4. The molecule has 0 fully saturated rings. The normalized spacial score (nSPS) is 12.6. The second-order valence-corrected chi connectivity index (χ2v) is 8.43. The van der Waals surface area contributed by atoms with Gasteiger partial charge in [-0.15, -0.1) is 0 Å². The van der Waals surface area contributed by atoms with Gasteiger partial charge in [0.25, 0.3) is 5.91 Å². The summed E-state index contributed by atoms with van der Waals surface area (Å²) in [6, 6.07) is 21.5. The number of aliphatic hydroxyl groups is 1. The second-order valence-electron chi connectivity index (χ2n) is 8.02. The topological polar surface area (TPSA) is 128 Å². The molecule has 2 heterocycles. The maximum Gasteiger partial charge on any atom is 0.332 e. The number of nitrogens with zero attached hydrogens (tertiary/aromatic N) is 2. The van der Waals surface area contributed by atoms with Gasteiger partial charge in [-0.1, -0.05) is 60.1 Å². The summed E-state index contributed by atoms with van der Waals surface area (Å²) in [6.07, 6.45) is 0.0120. The zero-order valence-electron chi connectivity index (χ0n) is 18.6. The SMILES string of the molecule is O=C(N[C@H](Cc1ccc(-c2ccccc2)cc1Cl)C[C@@H](O)C(=O)O)c1cc(-c2ccccn2)n[nH]1. The number of aliphatic hydroxyl groups excluding tert-OH is 1. The molecule has 4 rings (SSSR count). The van der Waals surface area contributed by atoms with E-state index in [-0.39, 0.29) is 18.5 Å². The maximum atomic E-state index is 12.9. The third-order valence-corrected chi connectivity index (χ3v) is 5.86. The molecule has 35 heavy (non-hydrogen) atoms. The molecule has 0 aliphatic heterocycles. The number of pyridine rings is 1. The Bertz CT molecular complexity index is 1310. The van der Waals surface area contributed by atoms with E-state index in [1.165, 1.54) is 0 Å². The molecule has 0 saturated heterocycles. The van der Waals surface area contributed by atoms with E-state index in [9.17, 15) is 19.8 Å². The van der Waals surface area contributed by atoms with Crippen molar-refractivity contribution in [1.82, 2.24) is 20.5 Å². The summed E-state index contributed by atoms with van der Waals surface area (Å²) in [6.45, 7) is 0. The quantitative estimate of drug-likeness (QED) is 0.281. The van der Waals surface area contributed by atoms with Crippen LogP contribution >= 0.6 is 11.6 Å². The van der Waals surface area contributed by atoms with Crippen LogP contribution < -0.4 is 5.32 Å². The number of halogens is 1. The van der Waals surface area contributed by atoms with Crippen LogP contribution in [0.5, 0.6) is 0 Å². The Morgan fingerprint density at radius 3 is 2.43 bits per heavy atom. The fraction of sp³-hybridized carbons (Fsp3) is 0.154. The number of rotatable bonds is 9. The highest BCUT2D eigenvalue weighted by Crippen LogP contribution is 2.27. The fourth-order valence-electron chi connectivity index (χ4n) is 3.70. The monoisotopic (exact) mass is 490 g/mol. The molecule has 2 atom stereocenters. The number of benzene rings is 2. The van der Waals surface area contributed by atoms with Crippen LogP contribution in [0.1, 0.15) is 22.5 Å². The van der Waals surface area contributed by atoms with E-state index in [0.717, 1.165) is 11.1 Å². The first-order valence-corrected chi connectivity index (χ1v) is 11.3. The summed E-state index contributed by atoms with van der Waals surface area (Å²) in [5.41, 5.74) is 3.95. The Balaban J connectivity index is 1.52. The number of carbonyl (C=O) groups is 2. The van der Waals surface area contributed by atoms with E-state index in [0.29, 0.717) is 22.0 Å². The molecule has 1 amide bonds. The van der Waals surface area contributed by atoms with Crippen molar-refractivity contribution in [2.24, 2.45) is 0 Å². The number of aliphatic carboxylic acids is 1. The highest BCUT2D eigenvalue weighted by molar-refractivity contribution is 6.31. The van der Waals surface area contributed by atoms with Gasteiger partial charge in [0.05, 0.1) is 5.69 Å². The largest absolute Gasteiger partial charge is 0.479 e. The molecule has 0 bridgehead atoms. The van der Waals surface area contributed by atoms with Crippen molar-refractivity contribution >= 4 is 23.5 Å². The molecular weight excluding hydrogens is 468 g/mol. The number of carboxylic acid groups (broad SMARTS) is 1. The molecule has 0 aliphatic rings. The lowest BCUT2D eigenvalue weighted by molar-refractivity contribution is -0.147. The lowest BCUT2D eigenvalue weighted by Crippen LogP contribution is -2.40. The molecule has 4 N–H and O–H groups in total. The summed E-state index contributed by atoms with van der Waals surface area (Å²) in [5, 5.41) is 29.2. The lowest BCUT2D eigenvalue weighted by Gasteiger charge is -2.21. The van der Waals surface area contributed by atoms with Gasteiger partial charge in [0.2, 0.25) is 0 Å². The van der Waals surface area contributed by atoms with E-state index < -0.39 is 24.0 Å². The Labute approximate surface area is 206 Å². The van der Waals surface area contributed by atoms with Crippen LogP contribution in [0.25, 0.3) is 22.5 Å². The number of hydrogen-bond acceptors (Lipinski definition) is 5. The molecule has 0 unspecified atom stereocenters. The molecule has 0 spiro atoms. The van der Waals surface area contributed by atoms with Gasteiger partial charge in [-0.3, -0.25) is 14.9 Å². The molecule has 0 radical (unpaired) electrons. The van der Waals surface area contributed by atoms with Crippen molar-refractivity contribution < 1.29 is 19.8 Å². The van der Waals surface area contributed by atoms with Crippen molar-refractivity contribution in [3.05, 3.63) is 95.3 Å². The van der Waals surface area contributed by atoms with Crippen LogP contribution in [0, 0.1) is 0 Å². The summed E-state index contributed by atoms with van der Waals surface area (Å²) >= 11 is 6.53. The van der Waals surface area contributed by atoms with Gasteiger partial charge >= 0.3 is 5.97 Å². The molecule has 0 aliphatic carbocycles. The van der Waals surface area contributed by atoms with Crippen LogP contribution in [-0.4, -0.2) is 49.4 Å². The number of carbonyl (C=O) groups excluding carboxylic acids is 1. The molecule has 2 aromatic carbocycles. The Hall–Kier alpha value is -4.01. The van der Waals surface area contributed by atoms with Crippen LogP contribution in [0.2, 0.25) is 5.02 Å². The maximum absolute atomic E-state index is 12.9. The number of amides is 1. The predicted octanol–water partition coefficient (Wildman–Crippen LogP) is 3.97. The standard InChI is InChI=1S/C26H23ClN4O4/c27-20-13-17(16-6-2-1-3-7-16)9-10-18(20)12-19(14-24(32)26(34)35)29-25(33)23-15-22(30-31-23)21-8-4-5-11-28-21/h1-11,13,15,19,24,32H,12,14H2,(H,29,33)(H,30,31)(H,34,35)/t19-,24-/m1/s1. The van der Waals surface area contributed by atoms with Gasteiger partial charge in [0, 0.05) is 23.7 Å².